The molecule has 1 atom stereocenters. The quantitative estimate of drug-likeness (QED) is 0.716. The van der Waals surface area contributed by atoms with Crippen molar-refractivity contribution in [1.29, 1.82) is 0 Å². The van der Waals surface area contributed by atoms with Gasteiger partial charge in [-0.2, -0.15) is 0 Å². The van der Waals surface area contributed by atoms with E-state index in [0.717, 1.165) is 0 Å². The second kappa shape index (κ2) is 16.8. The van der Waals surface area contributed by atoms with Gasteiger partial charge in [0.05, 0.1) is 11.2 Å². The molecule has 162 valence electrons. The predicted octanol–water partition coefficient (Wildman–Crippen LogP) is 3.69. The van der Waals surface area contributed by atoms with E-state index in [1.54, 1.807) is 48.5 Å². The number of hydrogen-bond donors (Lipinski definition) is 2. The van der Waals surface area contributed by atoms with Gasteiger partial charge in [0, 0.05) is 25.2 Å². The molecule has 0 rings (SSSR count). The minimum atomic E-state index is -0.869. The van der Waals surface area contributed by atoms with Crippen LogP contribution in [0.4, 0.5) is 0 Å². The number of carbonyl (C=O) groups is 4. The van der Waals surface area contributed by atoms with Crippen LogP contribution in [0.1, 0.15) is 95.4 Å². The van der Waals surface area contributed by atoms with E-state index in [2.05, 4.69) is 0 Å². The van der Waals surface area contributed by atoms with Crippen molar-refractivity contribution in [2.75, 3.05) is 0 Å². The van der Waals surface area contributed by atoms with Crippen LogP contribution in [-0.4, -0.2) is 44.5 Å². The van der Waals surface area contributed by atoms with Crippen LogP contribution in [0, 0.1) is 5.92 Å². The molecule has 0 aliphatic carbocycles. The van der Waals surface area contributed by atoms with E-state index in [9.17, 15) is 24.3 Å². The molecule has 6 heteroatoms. The molecule has 0 spiro atoms. The molecule has 0 bridgehead atoms. The van der Waals surface area contributed by atoms with E-state index in [4.69, 9.17) is 5.11 Å². The summed E-state index contributed by atoms with van der Waals surface area (Å²) in [6, 6.07) is 0. The van der Waals surface area contributed by atoms with E-state index in [1.165, 1.54) is 20.8 Å². The van der Waals surface area contributed by atoms with Gasteiger partial charge in [-0.3, -0.25) is 9.59 Å². The maximum Gasteiger partial charge on any atom is 0.135 e. The standard InChI is InChI=1S/2C7H14O2.C4H8O.C3H6O/c1-5(6(2)8)7(3,4)9;1-4-6(8)5-7(2,3)9;1-3-4(2)5;1-3(2)4/h5,9H,1-4H3;9H,4-5H2,1-3H3;3H2,1-2H3;1-2H3. The summed E-state index contributed by atoms with van der Waals surface area (Å²) in [5.41, 5.74) is -1.70. The van der Waals surface area contributed by atoms with Gasteiger partial charge in [-0.15, -0.1) is 0 Å². The minimum Gasteiger partial charge on any atom is -0.390 e. The maximum absolute atomic E-state index is 10.7. The van der Waals surface area contributed by atoms with Gasteiger partial charge in [-0.1, -0.05) is 20.8 Å². The van der Waals surface area contributed by atoms with Gasteiger partial charge in [0.1, 0.15) is 23.1 Å². The average molecular weight is 391 g/mol. The molecule has 0 fully saturated rings. The van der Waals surface area contributed by atoms with Crippen molar-refractivity contribution in [3.8, 4) is 0 Å². The van der Waals surface area contributed by atoms with E-state index in [0.29, 0.717) is 12.8 Å². The first-order chi connectivity index (χ1) is 11.8. The summed E-state index contributed by atoms with van der Waals surface area (Å²) >= 11 is 0. The lowest BCUT2D eigenvalue weighted by atomic mass is 9.90. The molecular formula is C21H42O6. The zero-order valence-corrected chi connectivity index (χ0v) is 19.2. The number of aliphatic hydroxyl groups is 2. The van der Waals surface area contributed by atoms with Crippen LogP contribution in [0.3, 0.4) is 0 Å². The highest BCUT2D eigenvalue weighted by Gasteiger charge is 2.25. The second-order valence-corrected chi connectivity index (χ2v) is 7.83. The molecular weight excluding hydrogens is 348 g/mol. The lowest BCUT2D eigenvalue weighted by Gasteiger charge is -2.22. The molecule has 0 aliphatic rings. The maximum atomic E-state index is 10.7. The number of Topliss-reactive ketones (excluding diaryl/α,β-unsaturated/α-hetero) is 4. The van der Waals surface area contributed by atoms with Crippen molar-refractivity contribution in [2.24, 2.45) is 5.92 Å². The van der Waals surface area contributed by atoms with Crippen molar-refractivity contribution in [3.05, 3.63) is 0 Å². The summed E-state index contributed by atoms with van der Waals surface area (Å²) in [7, 11) is 0. The number of carbonyl (C=O) groups excluding carboxylic acids is 4. The normalized spacial score (nSPS) is 11.3. The third-order valence-electron chi connectivity index (χ3n) is 3.19. The van der Waals surface area contributed by atoms with Crippen molar-refractivity contribution in [1.82, 2.24) is 0 Å². The summed E-state index contributed by atoms with van der Waals surface area (Å²) in [6.45, 7) is 18.1. The zero-order valence-electron chi connectivity index (χ0n) is 19.2. The van der Waals surface area contributed by atoms with Crippen LogP contribution in [-0.2, 0) is 19.2 Å². The van der Waals surface area contributed by atoms with Gasteiger partial charge >= 0.3 is 0 Å². The van der Waals surface area contributed by atoms with Crippen LogP contribution in [0.5, 0.6) is 0 Å². The van der Waals surface area contributed by atoms with Crippen LogP contribution in [0.15, 0.2) is 0 Å². The first-order valence-electron chi connectivity index (χ1n) is 9.25. The largest absolute Gasteiger partial charge is 0.390 e. The topological polar surface area (TPSA) is 109 Å². The van der Waals surface area contributed by atoms with Crippen LogP contribution in [0.25, 0.3) is 0 Å². The third kappa shape index (κ3) is 40.6. The lowest BCUT2D eigenvalue weighted by molar-refractivity contribution is -0.127. The van der Waals surface area contributed by atoms with Crippen molar-refractivity contribution in [2.45, 2.75) is 107 Å². The Labute approximate surface area is 165 Å². The van der Waals surface area contributed by atoms with E-state index in [-0.39, 0.29) is 35.5 Å². The highest BCUT2D eigenvalue weighted by Crippen LogP contribution is 2.15. The monoisotopic (exact) mass is 390 g/mol. The highest BCUT2D eigenvalue weighted by atomic mass is 16.3. The van der Waals surface area contributed by atoms with Crippen molar-refractivity contribution in [3.63, 3.8) is 0 Å². The molecule has 0 amide bonds. The van der Waals surface area contributed by atoms with Crippen LogP contribution in [0.2, 0.25) is 0 Å². The van der Waals surface area contributed by atoms with Crippen molar-refractivity contribution < 1.29 is 29.4 Å². The Balaban J connectivity index is -0.000000138. The molecule has 0 saturated carbocycles. The van der Waals surface area contributed by atoms with Gasteiger partial charge in [0.2, 0.25) is 0 Å². The second-order valence-electron chi connectivity index (χ2n) is 7.83. The smallest absolute Gasteiger partial charge is 0.135 e. The van der Waals surface area contributed by atoms with Crippen LogP contribution >= 0.6 is 0 Å². The fourth-order valence-electron chi connectivity index (χ4n) is 1.10. The molecule has 27 heavy (non-hydrogen) atoms. The molecule has 0 saturated heterocycles. The lowest BCUT2D eigenvalue weighted by Crippen LogP contribution is -2.33. The molecule has 0 aromatic carbocycles. The van der Waals surface area contributed by atoms with Gasteiger partial charge in [0.25, 0.3) is 0 Å². The Morgan fingerprint density at radius 1 is 0.815 bits per heavy atom. The summed E-state index contributed by atoms with van der Waals surface area (Å²) in [4.78, 5) is 40.6. The number of ketones is 4. The molecule has 0 radical (unpaired) electrons. The molecule has 0 aromatic heterocycles. The Morgan fingerprint density at radius 2 is 1.11 bits per heavy atom. The summed E-state index contributed by atoms with van der Waals surface area (Å²) in [5.74, 6) is 0.299. The Bertz CT molecular complexity index is 433. The van der Waals surface area contributed by atoms with E-state index in [1.807, 2.05) is 6.92 Å². The summed E-state index contributed by atoms with van der Waals surface area (Å²) in [5, 5.41) is 18.3. The number of hydrogen-bond acceptors (Lipinski definition) is 6. The minimum absolute atomic E-state index is 0.0301. The Kier molecular flexibility index (Phi) is 20.6. The zero-order chi connectivity index (χ0) is 23.0. The first-order valence-corrected chi connectivity index (χ1v) is 9.25. The van der Waals surface area contributed by atoms with Crippen molar-refractivity contribution >= 4 is 23.1 Å². The molecule has 0 aliphatic heterocycles. The fraction of sp³-hybridized carbons (Fsp3) is 0.810. The van der Waals surface area contributed by atoms with Gasteiger partial charge in [-0.25, -0.2) is 0 Å². The fourth-order valence-corrected chi connectivity index (χ4v) is 1.10. The highest BCUT2D eigenvalue weighted by molar-refractivity contribution is 5.79. The average Bonchev–Trinajstić information content (AvgIpc) is 2.44. The van der Waals surface area contributed by atoms with Gasteiger partial charge in [0.15, 0.2) is 0 Å². The van der Waals surface area contributed by atoms with E-state index < -0.39 is 11.2 Å². The number of rotatable bonds is 6. The van der Waals surface area contributed by atoms with Gasteiger partial charge in [-0.05, 0) is 55.4 Å². The summed E-state index contributed by atoms with van der Waals surface area (Å²) < 4.78 is 0. The molecule has 1 unspecified atom stereocenters. The summed E-state index contributed by atoms with van der Waals surface area (Å²) in [6.07, 6.45) is 1.45. The van der Waals surface area contributed by atoms with Gasteiger partial charge < -0.3 is 19.8 Å². The predicted molar refractivity (Wildman–Crippen MR) is 110 cm³/mol. The molecule has 6 nitrogen and oxygen atoms in total. The molecule has 2 N–H and O–H groups in total. The first kappa shape index (κ1) is 33.2. The van der Waals surface area contributed by atoms with E-state index >= 15 is 0 Å². The molecule has 0 aromatic rings. The SMILES string of the molecule is CC(=O)C(C)C(C)(C)O.CC(C)=O.CCC(=O)CC(C)(C)O.CCC(C)=O. The Hall–Kier alpha value is -1.40. The Morgan fingerprint density at radius 3 is 1.15 bits per heavy atom. The third-order valence-corrected chi connectivity index (χ3v) is 3.19. The molecule has 0 heterocycles. The van der Waals surface area contributed by atoms with Crippen LogP contribution < -0.4 is 0 Å².